The van der Waals surface area contributed by atoms with Crippen LogP contribution in [0.5, 0.6) is 0 Å². The quantitative estimate of drug-likeness (QED) is 0.282. The third-order valence-electron chi connectivity index (χ3n) is 2.27. The minimum Gasteiger partial charge on any atom is -1.00 e. The maximum atomic E-state index is 5.37. The first-order valence-corrected chi connectivity index (χ1v) is 5.08. The lowest BCUT2D eigenvalue weighted by Crippen LogP contribution is -3.00. The summed E-state index contributed by atoms with van der Waals surface area (Å²) in [5.41, 5.74) is 0. The predicted octanol–water partition coefficient (Wildman–Crippen LogP) is -3.22. The van der Waals surface area contributed by atoms with Crippen LogP contribution in [0.2, 0.25) is 0 Å². The number of thiocarbonyl (C=S) groups is 1. The van der Waals surface area contributed by atoms with Gasteiger partial charge in [-0.3, -0.25) is 0 Å². The summed E-state index contributed by atoms with van der Waals surface area (Å²) in [6.45, 7) is 3.32. The van der Waals surface area contributed by atoms with E-state index in [1.807, 2.05) is 34.9 Å². The predicted molar refractivity (Wildman–Crippen MR) is 56.0 cm³/mol. The Kier molecular flexibility index (Phi) is 4.94. The van der Waals surface area contributed by atoms with Crippen LogP contribution >= 0.6 is 12.2 Å². The molecule has 1 aromatic heterocycles. The molecule has 1 aromatic rings. The third kappa shape index (κ3) is 3.12. The van der Waals surface area contributed by atoms with Gasteiger partial charge in [0.15, 0.2) is 0 Å². The van der Waals surface area contributed by atoms with Gasteiger partial charge >= 0.3 is 0 Å². The fraction of sp³-hybridized carbons (Fsp3) is 0.556. The molecule has 1 aliphatic rings. The fourth-order valence-electron chi connectivity index (χ4n) is 1.48. The van der Waals surface area contributed by atoms with Gasteiger partial charge in [-0.25, -0.2) is 4.57 Å². The Morgan fingerprint density at radius 3 is 2.60 bits per heavy atom. The van der Waals surface area contributed by atoms with Crippen molar-refractivity contribution in [2.45, 2.75) is 0 Å². The van der Waals surface area contributed by atoms with E-state index in [2.05, 4.69) is 4.90 Å². The van der Waals surface area contributed by atoms with Crippen LogP contribution in [0.1, 0.15) is 0 Å². The summed E-state index contributed by atoms with van der Waals surface area (Å²) in [5, 5.41) is 0.855. The number of nitrogens with zero attached hydrogens (tertiary/aromatic N) is 3. The number of morpholine rings is 1. The maximum absolute atomic E-state index is 5.37. The molecule has 0 aliphatic carbocycles. The van der Waals surface area contributed by atoms with Gasteiger partial charge in [0, 0.05) is 13.1 Å². The summed E-state index contributed by atoms with van der Waals surface area (Å²) in [5.74, 6) is 0. The molecule has 2 heterocycles. The first kappa shape index (κ1) is 12.9. The number of rotatable bonds is 0. The Morgan fingerprint density at radius 2 is 2.07 bits per heavy atom. The molecule has 1 saturated heterocycles. The topological polar surface area (TPSA) is 21.3 Å². The second-order valence-electron chi connectivity index (χ2n) is 3.37. The van der Waals surface area contributed by atoms with Gasteiger partial charge in [-0.05, 0) is 12.2 Å². The standard InChI is InChI=1S/C9H14N3OS.HI/c1-10-2-3-12(8-10)9(14)11-4-6-13-7-5-11;/h2-3,8H,4-7H2,1H3;1H/q+1;/p-1. The molecule has 0 saturated carbocycles. The maximum Gasteiger partial charge on any atom is 0.270 e. The van der Waals surface area contributed by atoms with Crippen LogP contribution in [-0.4, -0.2) is 40.9 Å². The van der Waals surface area contributed by atoms with Crippen molar-refractivity contribution in [3.05, 3.63) is 18.7 Å². The average molecular weight is 339 g/mol. The molecule has 15 heavy (non-hydrogen) atoms. The van der Waals surface area contributed by atoms with Crippen LogP contribution < -0.4 is 28.5 Å². The Hall–Kier alpha value is -0.210. The number of aromatic nitrogens is 2. The molecule has 0 bridgehead atoms. The highest BCUT2D eigenvalue weighted by Gasteiger charge is 2.18. The molecule has 4 nitrogen and oxygen atoms in total. The molecule has 0 atom stereocenters. The normalized spacial score (nSPS) is 15.9. The highest BCUT2D eigenvalue weighted by atomic mass is 127. The number of aryl methyl sites for hydroxylation is 1. The van der Waals surface area contributed by atoms with E-state index in [1.165, 1.54) is 0 Å². The zero-order valence-corrected chi connectivity index (χ0v) is 11.6. The van der Waals surface area contributed by atoms with Crippen LogP contribution in [0, 0.1) is 0 Å². The Bertz CT molecular complexity index is 336. The van der Waals surface area contributed by atoms with E-state index in [9.17, 15) is 0 Å². The zero-order valence-electron chi connectivity index (χ0n) is 8.60. The first-order valence-electron chi connectivity index (χ1n) is 4.67. The van der Waals surface area contributed by atoms with Crippen LogP contribution in [0.4, 0.5) is 0 Å². The van der Waals surface area contributed by atoms with Crippen LogP contribution in [0.3, 0.4) is 0 Å². The van der Waals surface area contributed by atoms with Crippen molar-refractivity contribution in [2.24, 2.45) is 7.05 Å². The summed E-state index contributed by atoms with van der Waals surface area (Å²) in [7, 11) is 1.98. The van der Waals surface area contributed by atoms with Crippen LogP contribution in [0.25, 0.3) is 0 Å². The molecular formula is C9H14IN3OS. The molecule has 0 amide bonds. The molecule has 0 aromatic carbocycles. The summed E-state index contributed by atoms with van der Waals surface area (Å²) >= 11 is 5.37. The largest absolute Gasteiger partial charge is 1.00 e. The van der Waals surface area contributed by atoms with Crippen molar-refractivity contribution in [1.82, 2.24) is 9.47 Å². The minimum atomic E-state index is 0. The van der Waals surface area contributed by atoms with Gasteiger partial charge in [-0.2, -0.15) is 4.57 Å². The molecule has 0 radical (unpaired) electrons. The summed E-state index contributed by atoms with van der Waals surface area (Å²) in [6.07, 6.45) is 5.92. The number of hydrogen-bond donors (Lipinski definition) is 0. The van der Waals surface area contributed by atoms with Gasteiger partial charge in [-0.15, -0.1) is 0 Å². The van der Waals surface area contributed by atoms with E-state index in [4.69, 9.17) is 17.0 Å². The fourth-order valence-corrected chi connectivity index (χ4v) is 1.77. The van der Waals surface area contributed by atoms with Gasteiger partial charge in [0.2, 0.25) is 0 Å². The Balaban J connectivity index is 0.00000112. The third-order valence-corrected chi connectivity index (χ3v) is 2.74. The Labute approximate surface area is 112 Å². The highest BCUT2D eigenvalue weighted by molar-refractivity contribution is 7.80. The van der Waals surface area contributed by atoms with Crippen molar-refractivity contribution >= 4 is 17.3 Å². The van der Waals surface area contributed by atoms with Crippen molar-refractivity contribution < 1.29 is 33.3 Å². The van der Waals surface area contributed by atoms with E-state index < -0.39 is 0 Å². The molecule has 84 valence electrons. The van der Waals surface area contributed by atoms with Gasteiger partial charge in [-0.1, -0.05) is 0 Å². The molecule has 0 N–H and O–H groups in total. The molecule has 1 fully saturated rings. The molecule has 0 spiro atoms. The van der Waals surface area contributed by atoms with Gasteiger partial charge in [0.05, 0.1) is 20.3 Å². The van der Waals surface area contributed by atoms with Gasteiger partial charge in [0.25, 0.3) is 11.4 Å². The van der Waals surface area contributed by atoms with Crippen LogP contribution in [0.15, 0.2) is 18.7 Å². The number of hydrogen-bond acceptors (Lipinski definition) is 2. The molecule has 0 unspecified atom stereocenters. The molecule has 6 heteroatoms. The van der Waals surface area contributed by atoms with E-state index in [0.29, 0.717) is 0 Å². The van der Waals surface area contributed by atoms with Crippen molar-refractivity contribution in [3.63, 3.8) is 0 Å². The van der Waals surface area contributed by atoms with E-state index in [-0.39, 0.29) is 24.0 Å². The molecular weight excluding hydrogens is 325 g/mol. The van der Waals surface area contributed by atoms with Crippen LogP contribution in [-0.2, 0) is 11.8 Å². The van der Waals surface area contributed by atoms with E-state index >= 15 is 0 Å². The average Bonchev–Trinajstić information content (AvgIpc) is 2.65. The smallest absolute Gasteiger partial charge is 0.270 e. The van der Waals surface area contributed by atoms with Crippen molar-refractivity contribution in [2.75, 3.05) is 26.3 Å². The second kappa shape index (κ2) is 5.76. The second-order valence-corrected chi connectivity index (χ2v) is 3.73. The number of ether oxygens (including phenoxy) is 1. The number of imidazole rings is 1. The van der Waals surface area contributed by atoms with Gasteiger partial charge < -0.3 is 33.6 Å². The Morgan fingerprint density at radius 1 is 1.40 bits per heavy atom. The lowest BCUT2D eigenvalue weighted by Gasteiger charge is -2.26. The summed E-state index contributed by atoms with van der Waals surface area (Å²) < 4.78 is 9.21. The molecule has 2 rings (SSSR count). The van der Waals surface area contributed by atoms with Crippen molar-refractivity contribution in [1.29, 1.82) is 0 Å². The van der Waals surface area contributed by atoms with Crippen molar-refractivity contribution in [3.8, 4) is 0 Å². The minimum absolute atomic E-state index is 0. The van der Waals surface area contributed by atoms with E-state index in [1.54, 1.807) is 0 Å². The first-order chi connectivity index (χ1) is 6.77. The SMILES string of the molecule is C[n+]1ccn(C(=S)N2CCOCC2)c1.[I-]. The van der Waals surface area contributed by atoms with Gasteiger partial charge in [0.1, 0.15) is 12.4 Å². The zero-order chi connectivity index (χ0) is 9.97. The molecule has 1 aliphatic heterocycles. The monoisotopic (exact) mass is 339 g/mol. The van der Waals surface area contributed by atoms with E-state index in [0.717, 1.165) is 31.4 Å². The lowest BCUT2D eigenvalue weighted by atomic mass is 10.4. The summed E-state index contributed by atoms with van der Waals surface area (Å²) in [6, 6.07) is 0. The highest BCUT2D eigenvalue weighted by Crippen LogP contribution is 2.00. The lowest BCUT2D eigenvalue weighted by molar-refractivity contribution is -0.670. The number of halogens is 1. The summed E-state index contributed by atoms with van der Waals surface area (Å²) in [4.78, 5) is 2.17.